The number of nitriles is 1. The Morgan fingerprint density at radius 3 is 1.71 bits per heavy atom. The van der Waals surface area contributed by atoms with E-state index in [0.29, 0.717) is 28.2 Å². The van der Waals surface area contributed by atoms with Crippen LogP contribution in [0, 0.1) is 17.2 Å². The summed E-state index contributed by atoms with van der Waals surface area (Å²) in [5.74, 6) is -4.99. The Bertz CT molecular complexity index is 2520. The fourth-order valence-corrected chi connectivity index (χ4v) is 7.60. The summed E-state index contributed by atoms with van der Waals surface area (Å²) in [6.45, 7) is 4.32. The minimum absolute atomic E-state index is 0.0313. The van der Waals surface area contributed by atoms with E-state index >= 15 is 0 Å². The maximum atomic E-state index is 14.6. The Labute approximate surface area is 377 Å². The number of nitrogens with zero attached hydrogens (tertiary/aromatic N) is 1. The van der Waals surface area contributed by atoms with Gasteiger partial charge in [0, 0.05) is 31.4 Å². The van der Waals surface area contributed by atoms with Crippen molar-refractivity contribution in [1.82, 2.24) is 21.3 Å². The van der Waals surface area contributed by atoms with Crippen molar-refractivity contribution in [2.24, 2.45) is 5.92 Å². The van der Waals surface area contributed by atoms with Crippen molar-refractivity contribution in [2.45, 2.75) is 82.6 Å². The van der Waals surface area contributed by atoms with Gasteiger partial charge in [0.05, 0.1) is 18.1 Å². The molecule has 65 heavy (non-hydrogen) atoms. The number of aliphatic hydroxyl groups excluding tert-OH is 1. The van der Waals surface area contributed by atoms with Gasteiger partial charge in [0.1, 0.15) is 30.3 Å². The van der Waals surface area contributed by atoms with Crippen LogP contribution in [0.5, 0.6) is 0 Å². The number of carboxylic acid groups (broad SMARTS) is 1. The molecule has 0 saturated carbocycles. The zero-order chi connectivity index (χ0) is 46.5. The summed E-state index contributed by atoms with van der Waals surface area (Å²) >= 11 is 0. The summed E-state index contributed by atoms with van der Waals surface area (Å²) in [6.07, 6.45) is -2.10. The van der Waals surface area contributed by atoms with E-state index in [1.165, 1.54) is 17.7 Å². The van der Waals surface area contributed by atoms with Gasteiger partial charge in [0.25, 0.3) is 5.91 Å². The molecular formula is C51H52N6O8. The molecule has 5 aromatic carbocycles. The zero-order valence-electron chi connectivity index (χ0n) is 36.1. The quantitative estimate of drug-likeness (QED) is 0.0985. The van der Waals surface area contributed by atoms with Gasteiger partial charge in [-0.2, -0.15) is 5.26 Å². The Kier molecular flexibility index (Phi) is 16.0. The molecule has 5 unspecified atom stereocenters. The number of carbonyl (C=O) groups excluding carboxylic acids is 5. The first-order valence-corrected chi connectivity index (χ1v) is 21.5. The fourth-order valence-electron chi connectivity index (χ4n) is 7.60. The number of hydrogen-bond donors (Lipinski definition) is 7. The van der Waals surface area contributed by atoms with Gasteiger partial charge in [-0.1, -0.05) is 123 Å². The van der Waals surface area contributed by atoms with Gasteiger partial charge in [-0.05, 0) is 69.5 Å². The highest BCUT2D eigenvalue weighted by molar-refractivity contribution is 5.98. The number of rotatable bonds is 10. The molecule has 0 saturated heterocycles. The van der Waals surface area contributed by atoms with E-state index in [0.717, 1.165) is 17.5 Å². The molecule has 14 nitrogen and oxygen atoms in total. The van der Waals surface area contributed by atoms with Gasteiger partial charge < -0.3 is 36.8 Å². The summed E-state index contributed by atoms with van der Waals surface area (Å²) in [7, 11) is 0. The number of aliphatic carboxylic acids is 1. The van der Waals surface area contributed by atoms with Gasteiger partial charge in [0.15, 0.2) is 0 Å². The predicted molar refractivity (Wildman–Crippen MR) is 244 cm³/mol. The molecule has 0 aliphatic carbocycles. The van der Waals surface area contributed by atoms with Gasteiger partial charge in [-0.15, -0.1) is 0 Å². The highest BCUT2D eigenvalue weighted by Gasteiger charge is 2.33. The van der Waals surface area contributed by atoms with Gasteiger partial charge in [0.2, 0.25) is 23.6 Å². The smallest absolute Gasteiger partial charge is 0.326 e. The van der Waals surface area contributed by atoms with Crippen LogP contribution in [-0.2, 0) is 60.9 Å². The number of aliphatic hydroxyl groups is 1. The first-order valence-electron chi connectivity index (χ1n) is 21.5. The normalized spacial score (nSPS) is 20.0. The van der Waals surface area contributed by atoms with Crippen LogP contribution in [0.25, 0.3) is 11.1 Å². The molecule has 0 aromatic heterocycles. The van der Waals surface area contributed by atoms with E-state index in [4.69, 9.17) is 0 Å². The van der Waals surface area contributed by atoms with Crippen molar-refractivity contribution >= 4 is 41.2 Å². The number of amides is 5. The van der Waals surface area contributed by atoms with Gasteiger partial charge >= 0.3 is 5.97 Å². The number of carboxylic acids is 1. The molecular weight excluding hydrogens is 825 g/mol. The Hall–Kier alpha value is -7.63. The van der Waals surface area contributed by atoms with Crippen molar-refractivity contribution in [2.75, 3.05) is 5.32 Å². The van der Waals surface area contributed by atoms with E-state index in [-0.39, 0.29) is 36.9 Å². The van der Waals surface area contributed by atoms with E-state index in [9.17, 15) is 44.2 Å². The number of anilines is 1. The monoisotopic (exact) mass is 876 g/mol. The number of hydrogen-bond acceptors (Lipinski definition) is 8. The van der Waals surface area contributed by atoms with Crippen LogP contribution >= 0.6 is 0 Å². The Morgan fingerprint density at radius 2 is 1.14 bits per heavy atom. The van der Waals surface area contributed by atoms with Crippen LogP contribution in [0.4, 0.5) is 5.69 Å². The molecule has 5 atom stereocenters. The number of fused-ring (bicyclic) bond motifs is 18. The van der Waals surface area contributed by atoms with Crippen molar-refractivity contribution in [3.8, 4) is 17.2 Å². The minimum atomic E-state index is -1.84. The highest BCUT2D eigenvalue weighted by Crippen LogP contribution is 2.23. The fraction of sp³-hybridized carbons (Fsp3) is 0.275. The van der Waals surface area contributed by atoms with Crippen LogP contribution in [0.15, 0.2) is 127 Å². The van der Waals surface area contributed by atoms with Crippen LogP contribution in [0.2, 0.25) is 0 Å². The zero-order valence-corrected chi connectivity index (χ0v) is 36.1. The highest BCUT2D eigenvalue weighted by atomic mass is 16.4. The maximum Gasteiger partial charge on any atom is 0.326 e. The molecule has 7 N–H and O–H groups in total. The molecule has 2 bridgehead atoms. The van der Waals surface area contributed by atoms with Crippen molar-refractivity contribution in [3.05, 3.63) is 161 Å². The van der Waals surface area contributed by atoms with E-state index in [2.05, 4.69) is 58.6 Å². The van der Waals surface area contributed by atoms with Crippen molar-refractivity contribution < 1.29 is 39.0 Å². The number of carbonyl (C=O) groups is 6. The van der Waals surface area contributed by atoms with E-state index < -0.39 is 72.2 Å². The molecule has 2 aliphatic heterocycles. The molecule has 334 valence electrons. The molecule has 0 fully saturated rings. The minimum Gasteiger partial charge on any atom is -0.480 e. The van der Waals surface area contributed by atoms with E-state index in [1.807, 2.05) is 36.4 Å². The third kappa shape index (κ3) is 13.4. The predicted octanol–water partition coefficient (Wildman–Crippen LogP) is 4.42. The van der Waals surface area contributed by atoms with Crippen LogP contribution < -0.4 is 26.6 Å². The second-order valence-corrected chi connectivity index (χ2v) is 16.6. The summed E-state index contributed by atoms with van der Waals surface area (Å²) in [4.78, 5) is 82.2. The third-order valence-electron chi connectivity index (χ3n) is 11.0. The van der Waals surface area contributed by atoms with Crippen molar-refractivity contribution in [1.29, 1.82) is 5.26 Å². The molecule has 5 aromatic rings. The Morgan fingerprint density at radius 1 is 0.615 bits per heavy atom. The topological polar surface area (TPSA) is 227 Å². The van der Waals surface area contributed by atoms with Crippen molar-refractivity contribution in [3.63, 3.8) is 0 Å². The second kappa shape index (κ2) is 22.1. The Balaban J connectivity index is 1.37. The van der Waals surface area contributed by atoms with E-state index in [1.54, 1.807) is 66.7 Å². The largest absolute Gasteiger partial charge is 0.480 e. The van der Waals surface area contributed by atoms with Crippen LogP contribution in [0.1, 0.15) is 53.6 Å². The molecule has 7 rings (SSSR count). The lowest BCUT2D eigenvalue weighted by atomic mass is 9.96. The third-order valence-corrected chi connectivity index (χ3v) is 11.0. The summed E-state index contributed by atoms with van der Waals surface area (Å²) in [6, 6.07) is 33.7. The molecule has 2 heterocycles. The summed E-state index contributed by atoms with van der Waals surface area (Å²) in [5.41, 5.74) is 5.81. The molecule has 2 aliphatic rings. The average molecular weight is 877 g/mol. The average Bonchev–Trinajstić information content (AvgIpc) is 3.29. The number of nitrogens with one attached hydrogen (secondary N) is 5. The maximum absolute atomic E-state index is 14.6. The second-order valence-electron chi connectivity index (χ2n) is 16.6. The standard InChI is InChI=1S/C51H52N6O8/c1-31(2)24-33-12-18-36(19-13-33)37-20-14-34(15-21-37)26-42-47(60)55-41(25-32-8-4-3-5-9-32)48(61)57-44(51(64)65)27-35-16-22-40(23-17-35)53-50(63)45(58)29-46(59)54-43(49(62)56-42)28-38-10-6-7-11-39(38)30-52/h3-23,31,41-45,58H,24-29H2,1-2H3,(H,53,63)(H,54,59)(H,55,60)(H,56,62)(H,57,61)(H,64,65). The summed E-state index contributed by atoms with van der Waals surface area (Å²) < 4.78 is 0. The van der Waals surface area contributed by atoms with Crippen LogP contribution in [-0.4, -0.2) is 76.0 Å². The lowest BCUT2D eigenvalue weighted by Crippen LogP contribution is -2.59. The lowest BCUT2D eigenvalue weighted by molar-refractivity contribution is -0.142. The van der Waals surface area contributed by atoms with Gasteiger partial charge in [-0.3, -0.25) is 24.0 Å². The molecule has 14 heteroatoms. The molecule has 5 amide bonds. The van der Waals surface area contributed by atoms with Crippen LogP contribution in [0.3, 0.4) is 0 Å². The SMILES string of the molecule is CC(C)Cc1ccc(-c2ccc(CC3NC(=O)C(Cc4ccccc4C#N)NC(=O)CC(O)C(=O)Nc4ccc(cc4)CC(C(=O)O)NC(=O)C(Cc4ccccc4)NC3=O)cc2)cc1. The molecule has 0 spiro atoms. The summed E-state index contributed by atoms with van der Waals surface area (Å²) in [5, 5.41) is 44.1. The van der Waals surface area contributed by atoms with Gasteiger partial charge in [-0.25, -0.2) is 4.79 Å². The first-order chi connectivity index (χ1) is 31.2. The number of benzene rings is 5. The molecule has 0 radical (unpaired) electrons. The first kappa shape index (κ1) is 46.9. The lowest BCUT2D eigenvalue weighted by Gasteiger charge is -2.27.